The third-order valence-corrected chi connectivity index (χ3v) is 2.74. The highest BCUT2D eigenvalue weighted by molar-refractivity contribution is 5.66. The van der Waals surface area contributed by atoms with Crippen LogP contribution in [0, 0.1) is 12.0 Å². The van der Waals surface area contributed by atoms with E-state index in [1.54, 1.807) is 6.20 Å². The Kier molecular flexibility index (Phi) is 4.57. The summed E-state index contributed by atoms with van der Waals surface area (Å²) < 4.78 is 7.41. The van der Waals surface area contributed by atoms with Crippen molar-refractivity contribution < 1.29 is 9.30 Å². The van der Waals surface area contributed by atoms with Crippen molar-refractivity contribution in [2.24, 2.45) is 7.05 Å². The Balaban J connectivity index is 2.11. The molecule has 0 unspecified atom stereocenters. The van der Waals surface area contributed by atoms with E-state index in [0.29, 0.717) is 5.88 Å². The Labute approximate surface area is 113 Å². The number of hydrogen-bond acceptors (Lipinski definition) is 2. The first-order valence-electron chi connectivity index (χ1n) is 6.45. The summed E-state index contributed by atoms with van der Waals surface area (Å²) in [6.07, 6.45) is 11.6. The normalized spacial score (nSPS) is 9.79. The lowest BCUT2D eigenvalue weighted by Crippen LogP contribution is -2.26. The maximum atomic E-state index is 5.43. The molecule has 0 amide bonds. The summed E-state index contributed by atoms with van der Waals surface area (Å²) in [5.41, 5.74) is 1.96. The number of unbranched alkanes of at least 4 members (excludes halogenated alkanes) is 2. The van der Waals surface area contributed by atoms with Gasteiger partial charge in [0.1, 0.15) is 13.2 Å². The number of nitrogens with one attached hydrogen (secondary N) is 1. The van der Waals surface area contributed by atoms with E-state index in [9.17, 15) is 0 Å². The largest absolute Gasteiger partial charge is 0.387 e. The SMILES string of the molecule is CCCCC#COc1[nH]ncc1-c1ccc[n+](C)c1. The van der Waals surface area contributed by atoms with Crippen molar-refractivity contribution in [1.82, 2.24) is 10.2 Å². The molecule has 1 N–H and O–H groups in total. The zero-order valence-electron chi connectivity index (χ0n) is 11.3. The molecule has 4 nitrogen and oxygen atoms in total. The highest BCUT2D eigenvalue weighted by Crippen LogP contribution is 2.25. The molecule has 0 aromatic carbocycles. The van der Waals surface area contributed by atoms with Gasteiger partial charge in [-0.3, -0.25) is 0 Å². The van der Waals surface area contributed by atoms with E-state index >= 15 is 0 Å². The van der Waals surface area contributed by atoms with E-state index in [1.165, 1.54) is 0 Å². The number of H-pyrrole nitrogens is 1. The first-order valence-corrected chi connectivity index (χ1v) is 6.45. The third kappa shape index (κ3) is 3.59. The minimum Gasteiger partial charge on any atom is -0.387 e. The van der Waals surface area contributed by atoms with E-state index in [1.807, 2.05) is 36.1 Å². The molecule has 4 heteroatoms. The van der Waals surface area contributed by atoms with Gasteiger partial charge in [0.25, 0.3) is 0 Å². The molecule has 0 radical (unpaired) electrons. The van der Waals surface area contributed by atoms with E-state index < -0.39 is 0 Å². The van der Waals surface area contributed by atoms with Crippen LogP contribution >= 0.6 is 0 Å². The van der Waals surface area contributed by atoms with Gasteiger partial charge in [-0.1, -0.05) is 19.3 Å². The molecule has 0 aliphatic heterocycles. The van der Waals surface area contributed by atoms with E-state index in [4.69, 9.17) is 4.74 Å². The Hall–Kier alpha value is -2.28. The predicted octanol–water partition coefficient (Wildman–Crippen LogP) is 2.43. The van der Waals surface area contributed by atoms with Gasteiger partial charge >= 0.3 is 0 Å². The number of pyridine rings is 1. The van der Waals surface area contributed by atoms with Crippen LogP contribution in [0.4, 0.5) is 0 Å². The summed E-state index contributed by atoms with van der Waals surface area (Å²) in [7, 11) is 1.98. The summed E-state index contributed by atoms with van der Waals surface area (Å²) in [6.45, 7) is 2.14. The fourth-order valence-electron chi connectivity index (χ4n) is 1.71. The monoisotopic (exact) mass is 256 g/mol. The molecule has 98 valence electrons. The number of aromatic amines is 1. The van der Waals surface area contributed by atoms with Crippen LogP contribution in [0.1, 0.15) is 26.2 Å². The van der Waals surface area contributed by atoms with Crippen LogP contribution in [0.2, 0.25) is 0 Å². The molecule has 0 fully saturated rings. The average Bonchev–Trinajstić information content (AvgIpc) is 2.87. The summed E-state index contributed by atoms with van der Waals surface area (Å²) >= 11 is 0. The fraction of sp³-hybridized carbons (Fsp3) is 0.333. The molecule has 0 atom stereocenters. The molecule has 0 bridgehead atoms. The molecular formula is C15H18N3O+. The number of aromatic nitrogens is 3. The smallest absolute Gasteiger partial charge is 0.234 e. The molecule has 2 aromatic heterocycles. The van der Waals surface area contributed by atoms with Crippen molar-refractivity contribution in [3.63, 3.8) is 0 Å². The van der Waals surface area contributed by atoms with Crippen molar-refractivity contribution >= 4 is 0 Å². The fourth-order valence-corrected chi connectivity index (χ4v) is 1.71. The number of hydrogen-bond donors (Lipinski definition) is 1. The highest BCUT2D eigenvalue weighted by Gasteiger charge is 2.10. The molecule has 19 heavy (non-hydrogen) atoms. The minimum atomic E-state index is 0.593. The van der Waals surface area contributed by atoms with E-state index in [-0.39, 0.29) is 0 Å². The van der Waals surface area contributed by atoms with Crippen LogP contribution < -0.4 is 9.30 Å². The standard InChI is InChI=1S/C15H18N3O/c1-3-4-5-6-10-19-15-14(11-16-17-15)13-8-7-9-18(2)12-13/h7-9,11-12H,3-5H2,1-2H3,(H,16,17)/q+1. The van der Waals surface area contributed by atoms with Gasteiger partial charge in [0.2, 0.25) is 5.88 Å². The average molecular weight is 256 g/mol. The van der Waals surface area contributed by atoms with Gasteiger partial charge in [-0.15, -0.1) is 0 Å². The summed E-state index contributed by atoms with van der Waals surface area (Å²) in [6, 6.07) is 4.00. The van der Waals surface area contributed by atoms with Gasteiger partial charge in [-0.25, -0.2) is 9.67 Å². The number of rotatable bonds is 4. The molecular weight excluding hydrogens is 238 g/mol. The maximum Gasteiger partial charge on any atom is 0.234 e. The van der Waals surface area contributed by atoms with Gasteiger partial charge < -0.3 is 4.74 Å². The van der Waals surface area contributed by atoms with E-state index in [2.05, 4.69) is 29.1 Å². The Morgan fingerprint density at radius 3 is 3.16 bits per heavy atom. The Morgan fingerprint density at radius 1 is 1.47 bits per heavy atom. The van der Waals surface area contributed by atoms with Crippen LogP contribution in [-0.4, -0.2) is 10.2 Å². The number of ether oxygens (including phenoxy) is 1. The van der Waals surface area contributed by atoms with Crippen LogP contribution in [0.3, 0.4) is 0 Å². The van der Waals surface area contributed by atoms with Crippen LogP contribution in [0.25, 0.3) is 11.1 Å². The van der Waals surface area contributed by atoms with Gasteiger partial charge in [-0.05, 0) is 12.5 Å². The quantitative estimate of drug-likeness (QED) is 0.518. The molecule has 0 aliphatic carbocycles. The van der Waals surface area contributed by atoms with Crippen LogP contribution in [0.5, 0.6) is 5.88 Å². The van der Waals surface area contributed by atoms with E-state index in [0.717, 1.165) is 30.4 Å². The number of aryl methyl sites for hydroxylation is 1. The molecule has 2 aromatic rings. The van der Waals surface area contributed by atoms with Crippen LogP contribution in [-0.2, 0) is 7.05 Å². The lowest BCUT2D eigenvalue weighted by molar-refractivity contribution is -0.671. The Morgan fingerprint density at radius 2 is 2.37 bits per heavy atom. The zero-order chi connectivity index (χ0) is 13.5. The van der Waals surface area contributed by atoms with Crippen molar-refractivity contribution in [3.05, 3.63) is 30.7 Å². The predicted molar refractivity (Wildman–Crippen MR) is 73.1 cm³/mol. The minimum absolute atomic E-state index is 0.593. The lowest BCUT2D eigenvalue weighted by atomic mass is 10.1. The first-order chi connectivity index (χ1) is 9.31. The maximum absolute atomic E-state index is 5.43. The third-order valence-electron chi connectivity index (χ3n) is 2.74. The molecule has 0 spiro atoms. The molecule has 2 heterocycles. The van der Waals surface area contributed by atoms with Gasteiger partial charge in [0.15, 0.2) is 12.4 Å². The topological polar surface area (TPSA) is 41.8 Å². The van der Waals surface area contributed by atoms with Crippen molar-refractivity contribution in [3.8, 4) is 29.0 Å². The second kappa shape index (κ2) is 6.60. The van der Waals surface area contributed by atoms with Crippen LogP contribution in [0.15, 0.2) is 30.7 Å². The summed E-state index contributed by atoms with van der Waals surface area (Å²) in [5.74, 6) is 3.58. The second-order valence-electron chi connectivity index (χ2n) is 4.36. The van der Waals surface area contributed by atoms with Gasteiger partial charge in [0.05, 0.1) is 17.3 Å². The van der Waals surface area contributed by atoms with Crippen molar-refractivity contribution in [1.29, 1.82) is 0 Å². The van der Waals surface area contributed by atoms with Gasteiger partial charge in [0, 0.05) is 12.5 Å². The van der Waals surface area contributed by atoms with Crippen molar-refractivity contribution in [2.75, 3.05) is 0 Å². The molecule has 2 rings (SSSR count). The molecule has 0 saturated carbocycles. The second-order valence-corrected chi connectivity index (χ2v) is 4.36. The number of nitrogens with zero attached hydrogens (tertiary/aromatic N) is 2. The zero-order valence-corrected chi connectivity index (χ0v) is 11.3. The van der Waals surface area contributed by atoms with Gasteiger partial charge in [-0.2, -0.15) is 5.10 Å². The van der Waals surface area contributed by atoms with Crippen molar-refractivity contribution in [2.45, 2.75) is 26.2 Å². The molecule has 0 saturated heterocycles. The Bertz CT molecular complexity index is 593. The highest BCUT2D eigenvalue weighted by atomic mass is 16.5. The molecule has 0 aliphatic rings. The lowest BCUT2D eigenvalue weighted by Gasteiger charge is -1.98. The summed E-state index contributed by atoms with van der Waals surface area (Å²) in [4.78, 5) is 0. The summed E-state index contributed by atoms with van der Waals surface area (Å²) in [5, 5.41) is 6.85. The first kappa shape index (κ1) is 13.2.